The van der Waals surface area contributed by atoms with Gasteiger partial charge >= 0.3 is 0 Å². The van der Waals surface area contributed by atoms with Gasteiger partial charge in [-0.3, -0.25) is 4.70 Å². The Morgan fingerprint density at radius 1 is 0.900 bits per heavy atom. The Hall–Kier alpha value is -0.250. The zero-order valence-electron chi connectivity index (χ0n) is 6.73. The van der Waals surface area contributed by atoms with Crippen LogP contribution in [0.4, 0.5) is 13.9 Å². The first-order valence-electron chi connectivity index (χ1n) is 3.21. The Kier molecular flexibility index (Phi) is 26.0. The minimum Gasteiger partial charge on any atom is -0.304 e. The zero-order chi connectivity index (χ0) is 7.70. The van der Waals surface area contributed by atoms with Gasteiger partial charge in [0.15, 0.2) is 0 Å². The Labute approximate surface area is 60.2 Å². The van der Waals surface area contributed by atoms with Gasteiger partial charge in [0, 0.05) is 9.15 Å². The highest BCUT2D eigenvalue weighted by atomic mass is 20.0. The van der Waals surface area contributed by atoms with E-state index < -0.39 is 0 Å². The molecule has 0 unspecified atom stereocenters. The van der Waals surface area contributed by atoms with Gasteiger partial charge in [-0.15, -0.1) is 0 Å². The average molecular weight is 159 g/mol. The van der Waals surface area contributed by atoms with Crippen molar-refractivity contribution in [2.75, 3.05) is 19.6 Å². The molecule has 10 heavy (non-hydrogen) atoms. The van der Waals surface area contributed by atoms with Crippen LogP contribution in [0.2, 0.25) is 0 Å². The van der Waals surface area contributed by atoms with E-state index in [9.17, 15) is 0 Å². The summed E-state index contributed by atoms with van der Waals surface area (Å²) in [5, 5.41) is 0. The summed E-state index contributed by atoms with van der Waals surface area (Å²) in [7, 11) is 0. The molecule has 0 amide bonds. The molecule has 0 N–H and O–H groups in total. The minimum atomic E-state index is 0. The highest BCUT2D eigenvalue weighted by Crippen LogP contribution is 1.81. The van der Waals surface area contributed by atoms with E-state index in [-0.39, 0.29) is 4.70 Å². The van der Waals surface area contributed by atoms with Gasteiger partial charge in [-0.2, -0.15) is 0 Å². The number of nitrogens with zero attached hydrogens (tertiary/aromatic N) is 1. The van der Waals surface area contributed by atoms with Crippen LogP contribution < -0.4 is 0 Å². The first-order valence-corrected chi connectivity index (χ1v) is 3.21. The molecule has 0 fully saturated rings. The van der Waals surface area contributed by atoms with Crippen LogP contribution in [0.5, 0.6) is 0 Å². The topological polar surface area (TPSA) is 3.24 Å². The van der Waals surface area contributed by atoms with Crippen molar-refractivity contribution < 1.29 is 13.9 Å². The van der Waals surface area contributed by atoms with Crippen LogP contribution in [0, 0.1) is 0 Å². The zero-order valence-corrected chi connectivity index (χ0v) is 6.73. The maximum absolute atomic E-state index is 8.00. The lowest BCUT2D eigenvalue weighted by molar-refractivity contribution is 0.108. The first kappa shape index (κ1) is 16.4. The molecule has 0 rings (SSSR count). The summed E-state index contributed by atoms with van der Waals surface area (Å²) in [6.07, 6.45) is 0. The third-order valence-electron chi connectivity index (χ3n) is 1.34. The van der Waals surface area contributed by atoms with Crippen LogP contribution in [-0.2, 0) is 0 Å². The van der Waals surface area contributed by atoms with Crippen molar-refractivity contribution in [3.8, 4) is 0 Å². The molecular weight excluding hydrogens is 143 g/mol. The lowest BCUT2D eigenvalue weighted by atomic mass is 10.5. The standard InChI is InChI=1S/C6H15N.F2.FH/c1-4-7(5-2)6-3;1-2;/h4-6H2,1-3H3;;1H. The molecule has 0 aromatic carbocycles. The molecule has 0 spiro atoms. The largest absolute Gasteiger partial charge is 0.304 e. The van der Waals surface area contributed by atoms with E-state index >= 15 is 0 Å². The highest BCUT2D eigenvalue weighted by molar-refractivity contribution is 4.43. The Morgan fingerprint density at radius 3 is 1.10 bits per heavy atom. The van der Waals surface area contributed by atoms with Crippen molar-refractivity contribution in [2.24, 2.45) is 0 Å². The smallest absolute Gasteiger partial charge is 0 e. The van der Waals surface area contributed by atoms with Gasteiger partial charge in [0.1, 0.15) is 0 Å². The molecule has 0 saturated carbocycles. The van der Waals surface area contributed by atoms with Crippen LogP contribution in [0.15, 0.2) is 0 Å². The highest BCUT2D eigenvalue weighted by Gasteiger charge is 1.89. The molecule has 66 valence electrons. The summed E-state index contributed by atoms with van der Waals surface area (Å²) in [6.45, 7) is 10.1. The molecule has 0 aliphatic carbocycles. The molecule has 0 heterocycles. The van der Waals surface area contributed by atoms with Crippen molar-refractivity contribution in [2.45, 2.75) is 20.8 Å². The Morgan fingerprint density at radius 2 is 1.10 bits per heavy atom. The van der Waals surface area contributed by atoms with E-state index in [0.717, 1.165) is 0 Å². The van der Waals surface area contributed by atoms with Gasteiger partial charge in [-0.25, -0.2) is 0 Å². The summed E-state index contributed by atoms with van der Waals surface area (Å²) in [6, 6.07) is 0. The van der Waals surface area contributed by atoms with Crippen molar-refractivity contribution >= 4 is 0 Å². The quantitative estimate of drug-likeness (QED) is 0.611. The van der Waals surface area contributed by atoms with Crippen molar-refractivity contribution in [3.63, 3.8) is 0 Å². The van der Waals surface area contributed by atoms with Gasteiger partial charge in [-0.1, -0.05) is 20.8 Å². The Bertz CT molecular complexity index is 34.5. The van der Waals surface area contributed by atoms with Gasteiger partial charge in [0.2, 0.25) is 0 Å². The number of hydrogen-bond donors (Lipinski definition) is 0. The molecule has 1 nitrogen and oxygen atoms in total. The fraction of sp³-hybridized carbons (Fsp3) is 1.00. The van der Waals surface area contributed by atoms with Crippen LogP contribution >= 0.6 is 0 Å². The molecule has 0 aliphatic rings. The molecule has 0 atom stereocenters. The second-order valence-electron chi connectivity index (χ2n) is 1.62. The molecular formula is C6H16F3N. The molecule has 0 aromatic rings. The van der Waals surface area contributed by atoms with Crippen molar-refractivity contribution in [1.82, 2.24) is 4.90 Å². The van der Waals surface area contributed by atoms with E-state index in [0.29, 0.717) is 0 Å². The fourth-order valence-corrected chi connectivity index (χ4v) is 0.671. The van der Waals surface area contributed by atoms with E-state index in [4.69, 9.17) is 9.15 Å². The maximum atomic E-state index is 8.00. The molecule has 0 aromatic heterocycles. The van der Waals surface area contributed by atoms with Gasteiger partial charge < -0.3 is 4.90 Å². The van der Waals surface area contributed by atoms with Crippen LogP contribution in [0.3, 0.4) is 0 Å². The molecule has 4 heteroatoms. The van der Waals surface area contributed by atoms with Crippen LogP contribution in [0.25, 0.3) is 0 Å². The SMILES string of the molecule is CCN(CC)CC.F.FF. The second-order valence-corrected chi connectivity index (χ2v) is 1.62. The first-order chi connectivity index (χ1) is 4.35. The van der Waals surface area contributed by atoms with Gasteiger partial charge in [0.25, 0.3) is 0 Å². The Balaban J connectivity index is -0.000000149. The average Bonchev–Trinajstić information content (AvgIpc) is 1.96. The van der Waals surface area contributed by atoms with Crippen molar-refractivity contribution in [1.29, 1.82) is 0 Å². The lowest BCUT2D eigenvalue weighted by Crippen LogP contribution is -2.21. The van der Waals surface area contributed by atoms with Crippen molar-refractivity contribution in [3.05, 3.63) is 0 Å². The second kappa shape index (κ2) is 15.9. The maximum Gasteiger partial charge on any atom is 0 e. The third kappa shape index (κ3) is 10.7. The summed E-state index contributed by atoms with van der Waals surface area (Å²) >= 11 is 0. The molecule has 0 saturated heterocycles. The van der Waals surface area contributed by atoms with Gasteiger partial charge in [-0.05, 0) is 19.6 Å². The number of hydrogen-bond acceptors (Lipinski definition) is 1. The summed E-state index contributed by atoms with van der Waals surface area (Å²) in [5.74, 6) is 0. The summed E-state index contributed by atoms with van der Waals surface area (Å²) in [4.78, 5) is 2.38. The predicted octanol–water partition coefficient (Wildman–Crippen LogP) is 2.34. The van der Waals surface area contributed by atoms with E-state index in [1.165, 1.54) is 19.6 Å². The van der Waals surface area contributed by atoms with Crippen LogP contribution in [0.1, 0.15) is 20.8 Å². The van der Waals surface area contributed by atoms with Gasteiger partial charge in [0.05, 0.1) is 0 Å². The number of rotatable bonds is 3. The fourth-order valence-electron chi connectivity index (χ4n) is 0.671. The monoisotopic (exact) mass is 159 g/mol. The van der Waals surface area contributed by atoms with E-state index in [2.05, 4.69) is 25.7 Å². The minimum absolute atomic E-state index is 0. The summed E-state index contributed by atoms with van der Waals surface area (Å²) < 4.78 is 16.0. The summed E-state index contributed by atoms with van der Waals surface area (Å²) in [5.41, 5.74) is 0. The normalized spacial score (nSPS) is 7.80. The van der Waals surface area contributed by atoms with Crippen LogP contribution in [-0.4, -0.2) is 24.5 Å². The predicted molar refractivity (Wildman–Crippen MR) is 38.2 cm³/mol. The molecule has 0 aliphatic heterocycles. The molecule has 0 bridgehead atoms. The third-order valence-corrected chi connectivity index (χ3v) is 1.34. The van der Waals surface area contributed by atoms with E-state index in [1.807, 2.05) is 0 Å². The lowest BCUT2D eigenvalue weighted by Gasteiger charge is -2.13. The number of halogens is 3. The van der Waals surface area contributed by atoms with E-state index in [1.54, 1.807) is 0 Å². The molecule has 0 radical (unpaired) electrons.